The Morgan fingerprint density at radius 2 is 1.86 bits per heavy atom. The number of rotatable bonds is 5. The van der Waals surface area contributed by atoms with Gasteiger partial charge in [0.15, 0.2) is 11.5 Å². The molecule has 1 N–H and O–H groups in total. The molecule has 5 heteroatoms. The van der Waals surface area contributed by atoms with Crippen molar-refractivity contribution in [1.82, 2.24) is 5.32 Å². The summed E-state index contributed by atoms with van der Waals surface area (Å²) in [4.78, 5) is 12.6. The lowest BCUT2D eigenvalue weighted by molar-refractivity contribution is -0.151. The van der Waals surface area contributed by atoms with Crippen LogP contribution in [0.3, 0.4) is 0 Å². The minimum absolute atomic E-state index is 0.154. The van der Waals surface area contributed by atoms with E-state index >= 15 is 0 Å². The number of ether oxygens (including phenoxy) is 3. The Labute approximate surface area is 125 Å². The first-order chi connectivity index (χ1) is 10.2. The van der Waals surface area contributed by atoms with E-state index in [1.165, 1.54) is 0 Å². The third-order valence-electron chi connectivity index (χ3n) is 4.06. The van der Waals surface area contributed by atoms with Crippen LogP contribution in [0.1, 0.15) is 25.3 Å². The molecule has 21 heavy (non-hydrogen) atoms. The predicted molar refractivity (Wildman–Crippen MR) is 80.0 cm³/mol. The second-order valence-electron chi connectivity index (χ2n) is 5.12. The van der Waals surface area contributed by atoms with Gasteiger partial charge in [-0.25, -0.2) is 0 Å². The van der Waals surface area contributed by atoms with Crippen molar-refractivity contribution < 1.29 is 19.0 Å². The van der Waals surface area contributed by atoms with Gasteiger partial charge < -0.3 is 19.5 Å². The van der Waals surface area contributed by atoms with Gasteiger partial charge in [-0.2, -0.15) is 0 Å². The number of benzene rings is 1. The largest absolute Gasteiger partial charge is 0.493 e. The quantitative estimate of drug-likeness (QED) is 0.840. The molecular weight excluding hydrogens is 270 g/mol. The number of carbonyl (C=O) groups is 1. The van der Waals surface area contributed by atoms with Gasteiger partial charge in [0.1, 0.15) is 0 Å². The maximum atomic E-state index is 12.6. The highest BCUT2D eigenvalue weighted by molar-refractivity contribution is 5.83. The van der Waals surface area contributed by atoms with Gasteiger partial charge in [0.2, 0.25) is 0 Å². The van der Waals surface area contributed by atoms with E-state index in [-0.39, 0.29) is 5.97 Å². The van der Waals surface area contributed by atoms with E-state index in [4.69, 9.17) is 14.2 Å². The van der Waals surface area contributed by atoms with Crippen LogP contribution in [0.15, 0.2) is 18.2 Å². The van der Waals surface area contributed by atoms with Crippen molar-refractivity contribution in [3.05, 3.63) is 23.8 Å². The van der Waals surface area contributed by atoms with Crippen molar-refractivity contribution in [2.75, 3.05) is 33.9 Å². The van der Waals surface area contributed by atoms with Crippen molar-refractivity contribution >= 4 is 5.97 Å². The molecule has 0 unspecified atom stereocenters. The Bertz CT molecular complexity index is 495. The summed E-state index contributed by atoms with van der Waals surface area (Å²) in [6, 6.07) is 5.67. The van der Waals surface area contributed by atoms with Gasteiger partial charge in [-0.1, -0.05) is 6.07 Å². The van der Waals surface area contributed by atoms with Crippen molar-refractivity contribution in [3.8, 4) is 11.5 Å². The van der Waals surface area contributed by atoms with Crippen molar-refractivity contribution in [3.63, 3.8) is 0 Å². The standard InChI is InChI=1S/C16H23NO4/c1-4-21-15(18)16(7-9-17-10-8-16)12-5-6-13(19-2)14(11-12)20-3/h5-6,11,17H,4,7-10H2,1-3H3. The fraction of sp³-hybridized carbons (Fsp3) is 0.562. The number of hydrogen-bond acceptors (Lipinski definition) is 5. The summed E-state index contributed by atoms with van der Waals surface area (Å²) in [5.41, 5.74) is 0.334. The number of nitrogens with one attached hydrogen (secondary N) is 1. The Morgan fingerprint density at radius 3 is 2.43 bits per heavy atom. The van der Waals surface area contributed by atoms with E-state index in [9.17, 15) is 4.79 Å². The Balaban J connectivity index is 2.43. The summed E-state index contributed by atoms with van der Waals surface area (Å²) in [7, 11) is 3.20. The van der Waals surface area contributed by atoms with Crippen LogP contribution in [0.4, 0.5) is 0 Å². The van der Waals surface area contributed by atoms with E-state index in [1.807, 2.05) is 25.1 Å². The van der Waals surface area contributed by atoms with Crippen molar-refractivity contribution in [2.24, 2.45) is 0 Å². The monoisotopic (exact) mass is 293 g/mol. The average Bonchev–Trinajstić information content (AvgIpc) is 2.55. The first-order valence-electron chi connectivity index (χ1n) is 7.28. The third kappa shape index (κ3) is 2.97. The second-order valence-corrected chi connectivity index (χ2v) is 5.12. The van der Waals surface area contributed by atoms with Gasteiger partial charge in [-0.05, 0) is 50.6 Å². The third-order valence-corrected chi connectivity index (χ3v) is 4.06. The number of esters is 1. The molecule has 0 radical (unpaired) electrons. The van der Waals surface area contributed by atoms with Gasteiger partial charge >= 0.3 is 5.97 Å². The molecule has 1 aromatic rings. The van der Waals surface area contributed by atoms with Crippen molar-refractivity contribution in [2.45, 2.75) is 25.2 Å². The summed E-state index contributed by atoms with van der Waals surface area (Å²) in [5, 5.41) is 3.29. The van der Waals surface area contributed by atoms with Gasteiger partial charge in [-0.3, -0.25) is 4.79 Å². The Kier molecular flexibility index (Phi) is 5.07. The summed E-state index contributed by atoms with van der Waals surface area (Å²) in [6.07, 6.45) is 1.45. The van der Waals surface area contributed by atoms with Crippen LogP contribution in [0.5, 0.6) is 11.5 Å². The van der Waals surface area contributed by atoms with Crippen LogP contribution in [0.2, 0.25) is 0 Å². The summed E-state index contributed by atoms with van der Waals surface area (Å²) in [5.74, 6) is 1.14. The zero-order valence-electron chi connectivity index (χ0n) is 12.9. The predicted octanol–water partition coefficient (Wildman–Crippen LogP) is 1.89. The molecule has 1 aromatic carbocycles. The molecule has 1 heterocycles. The maximum Gasteiger partial charge on any atom is 0.316 e. The van der Waals surface area contributed by atoms with Crippen LogP contribution in [-0.2, 0) is 14.9 Å². The molecule has 2 rings (SSSR count). The van der Waals surface area contributed by atoms with Crippen LogP contribution in [0.25, 0.3) is 0 Å². The maximum absolute atomic E-state index is 12.6. The molecule has 1 aliphatic rings. The molecule has 0 spiro atoms. The molecule has 0 aliphatic carbocycles. The average molecular weight is 293 g/mol. The molecule has 0 saturated carbocycles. The van der Waals surface area contributed by atoms with Gasteiger partial charge in [0.25, 0.3) is 0 Å². The number of piperidine rings is 1. The van der Waals surface area contributed by atoms with E-state index in [1.54, 1.807) is 14.2 Å². The SMILES string of the molecule is CCOC(=O)C1(c2ccc(OC)c(OC)c2)CCNCC1. The first kappa shape index (κ1) is 15.6. The zero-order valence-corrected chi connectivity index (χ0v) is 12.9. The van der Waals surface area contributed by atoms with Gasteiger partial charge in [-0.15, -0.1) is 0 Å². The summed E-state index contributed by atoms with van der Waals surface area (Å²) >= 11 is 0. The lowest BCUT2D eigenvalue weighted by atomic mass is 9.73. The smallest absolute Gasteiger partial charge is 0.316 e. The van der Waals surface area contributed by atoms with E-state index in [2.05, 4.69) is 5.32 Å². The lowest BCUT2D eigenvalue weighted by Crippen LogP contribution is -2.46. The number of methoxy groups -OCH3 is 2. The van der Waals surface area contributed by atoms with Gasteiger partial charge in [0, 0.05) is 0 Å². The van der Waals surface area contributed by atoms with Crippen molar-refractivity contribution in [1.29, 1.82) is 0 Å². The molecule has 0 atom stereocenters. The molecule has 1 saturated heterocycles. The van der Waals surface area contributed by atoms with Crippen LogP contribution in [0, 0.1) is 0 Å². The van der Waals surface area contributed by atoms with E-state index in [0.29, 0.717) is 18.1 Å². The molecular formula is C16H23NO4. The fourth-order valence-corrected chi connectivity index (χ4v) is 2.87. The summed E-state index contributed by atoms with van der Waals surface area (Å²) < 4.78 is 16.0. The highest BCUT2D eigenvalue weighted by atomic mass is 16.5. The van der Waals surface area contributed by atoms with Crippen LogP contribution < -0.4 is 14.8 Å². The molecule has 0 amide bonds. The van der Waals surface area contributed by atoms with Crippen LogP contribution >= 0.6 is 0 Å². The first-order valence-corrected chi connectivity index (χ1v) is 7.28. The zero-order chi connectivity index (χ0) is 15.3. The molecule has 5 nitrogen and oxygen atoms in total. The lowest BCUT2D eigenvalue weighted by Gasteiger charge is -2.36. The normalized spacial score (nSPS) is 17.1. The minimum atomic E-state index is -0.596. The Hall–Kier alpha value is -1.75. The minimum Gasteiger partial charge on any atom is -0.493 e. The molecule has 0 aromatic heterocycles. The van der Waals surface area contributed by atoms with E-state index < -0.39 is 5.41 Å². The Morgan fingerprint density at radius 1 is 1.19 bits per heavy atom. The summed E-state index contributed by atoms with van der Waals surface area (Å²) in [6.45, 7) is 3.82. The molecule has 0 bridgehead atoms. The fourth-order valence-electron chi connectivity index (χ4n) is 2.87. The molecule has 1 fully saturated rings. The number of hydrogen-bond donors (Lipinski definition) is 1. The second kappa shape index (κ2) is 6.80. The highest BCUT2D eigenvalue weighted by Crippen LogP contribution is 2.39. The molecule has 116 valence electrons. The van der Waals surface area contributed by atoms with E-state index in [0.717, 1.165) is 31.5 Å². The highest BCUT2D eigenvalue weighted by Gasteiger charge is 2.43. The van der Waals surface area contributed by atoms with Gasteiger partial charge in [0.05, 0.1) is 26.2 Å². The number of carbonyl (C=O) groups excluding carboxylic acids is 1. The van der Waals surface area contributed by atoms with Crippen LogP contribution in [-0.4, -0.2) is 39.9 Å². The molecule has 1 aliphatic heterocycles. The topological polar surface area (TPSA) is 56.8 Å².